The zero-order chi connectivity index (χ0) is 14.1. The summed E-state index contributed by atoms with van der Waals surface area (Å²) in [7, 11) is 1.96. The fourth-order valence-corrected chi connectivity index (χ4v) is 2.11. The molecule has 1 aromatic heterocycles. The summed E-state index contributed by atoms with van der Waals surface area (Å²) in [6.07, 6.45) is 1.96. The van der Waals surface area contributed by atoms with Gasteiger partial charge in [0.15, 0.2) is 0 Å². The van der Waals surface area contributed by atoms with Crippen molar-refractivity contribution in [2.24, 2.45) is 7.05 Å². The molecule has 2 aromatic carbocycles. The Bertz CT molecular complexity index is 830. The number of aromatic nitrogens is 1. The first-order valence-corrected chi connectivity index (χ1v) is 6.16. The predicted octanol–water partition coefficient (Wildman–Crippen LogP) is 3.86. The molecule has 0 fully saturated rings. The number of hydrogen-bond donors (Lipinski definition) is 0. The van der Waals surface area contributed by atoms with E-state index in [-0.39, 0.29) is 5.56 Å². The van der Waals surface area contributed by atoms with Crippen LogP contribution in [0.3, 0.4) is 0 Å². The van der Waals surface area contributed by atoms with E-state index in [9.17, 15) is 8.78 Å². The Morgan fingerprint density at radius 1 is 0.950 bits per heavy atom. The van der Waals surface area contributed by atoms with Crippen LogP contribution in [0.1, 0.15) is 11.1 Å². The maximum absolute atomic E-state index is 13.5. The lowest BCUT2D eigenvalue weighted by atomic mass is 10.1. The molecule has 0 saturated heterocycles. The minimum Gasteiger partial charge on any atom is -0.351 e. The summed E-state index contributed by atoms with van der Waals surface area (Å²) in [5, 5.41) is 1.05. The Morgan fingerprint density at radius 3 is 2.45 bits per heavy atom. The highest BCUT2D eigenvalue weighted by Gasteiger charge is 2.04. The van der Waals surface area contributed by atoms with Crippen molar-refractivity contribution in [3.8, 4) is 11.8 Å². The van der Waals surface area contributed by atoms with Gasteiger partial charge in [0, 0.05) is 29.7 Å². The molecule has 3 aromatic rings. The quantitative estimate of drug-likeness (QED) is 0.545. The van der Waals surface area contributed by atoms with E-state index in [1.165, 1.54) is 18.2 Å². The van der Waals surface area contributed by atoms with Crippen molar-refractivity contribution in [3.05, 3.63) is 71.4 Å². The number of rotatable bonds is 0. The van der Waals surface area contributed by atoms with E-state index < -0.39 is 11.6 Å². The molecule has 0 spiro atoms. The van der Waals surface area contributed by atoms with Gasteiger partial charge in [0.2, 0.25) is 0 Å². The molecule has 0 amide bonds. The Labute approximate surface area is 115 Å². The third-order valence-electron chi connectivity index (χ3n) is 3.18. The molecule has 0 aliphatic carbocycles. The van der Waals surface area contributed by atoms with E-state index in [1.54, 1.807) is 0 Å². The van der Waals surface area contributed by atoms with Crippen LogP contribution in [0, 0.1) is 23.5 Å². The zero-order valence-corrected chi connectivity index (χ0v) is 10.8. The fraction of sp³-hybridized carbons (Fsp3) is 0.0588. The summed E-state index contributed by atoms with van der Waals surface area (Å²) in [6, 6.07) is 11.4. The van der Waals surface area contributed by atoms with Crippen molar-refractivity contribution in [3.63, 3.8) is 0 Å². The van der Waals surface area contributed by atoms with Crippen molar-refractivity contribution in [1.29, 1.82) is 0 Å². The first-order valence-electron chi connectivity index (χ1n) is 6.16. The molecule has 3 rings (SSSR count). The van der Waals surface area contributed by atoms with Crippen molar-refractivity contribution in [2.45, 2.75) is 0 Å². The highest BCUT2D eigenvalue weighted by Crippen LogP contribution is 2.16. The molecule has 1 heterocycles. The molecule has 0 N–H and O–H groups in total. The third kappa shape index (κ3) is 2.17. The lowest BCUT2D eigenvalue weighted by molar-refractivity contribution is 0.577. The number of aryl methyl sites for hydroxylation is 1. The Kier molecular flexibility index (Phi) is 3.00. The second-order valence-electron chi connectivity index (χ2n) is 4.55. The fourth-order valence-electron chi connectivity index (χ4n) is 2.11. The van der Waals surface area contributed by atoms with Crippen LogP contribution in [0.5, 0.6) is 0 Å². The van der Waals surface area contributed by atoms with Gasteiger partial charge in [0.1, 0.15) is 11.6 Å². The van der Waals surface area contributed by atoms with Gasteiger partial charge in [0.05, 0.1) is 5.56 Å². The SMILES string of the molecule is Cn1ccc2cc(C#Cc3c(F)cccc3F)ccc21. The number of benzene rings is 2. The molecule has 3 heteroatoms. The maximum Gasteiger partial charge on any atom is 0.141 e. The van der Waals surface area contributed by atoms with E-state index in [2.05, 4.69) is 11.8 Å². The smallest absolute Gasteiger partial charge is 0.141 e. The lowest BCUT2D eigenvalue weighted by Crippen LogP contribution is -1.89. The lowest BCUT2D eigenvalue weighted by Gasteiger charge is -1.97. The Hall–Kier alpha value is -2.60. The van der Waals surface area contributed by atoms with Gasteiger partial charge in [-0.3, -0.25) is 0 Å². The molecule has 98 valence electrons. The number of fused-ring (bicyclic) bond motifs is 1. The number of hydrogen-bond acceptors (Lipinski definition) is 0. The van der Waals surface area contributed by atoms with Crippen molar-refractivity contribution >= 4 is 10.9 Å². The topological polar surface area (TPSA) is 4.93 Å². The van der Waals surface area contributed by atoms with Crippen LogP contribution < -0.4 is 0 Å². The molecule has 0 radical (unpaired) electrons. The summed E-state index contributed by atoms with van der Waals surface area (Å²) in [4.78, 5) is 0. The minimum atomic E-state index is -0.640. The highest BCUT2D eigenvalue weighted by molar-refractivity contribution is 5.81. The molecular formula is C17H11F2N. The minimum absolute atomic E-state index is 0.194. The van der Waals surface area contributed by atoms with Crippen LogP contribution >= 0.6 is 0 Å². The summed E-state index contributed by atoms with van der Waals surface area (Å²) >= 11 is 0. The Morgan fingerprint density at radius 2 is 1.70 bits per heavy atom. The molecule has 0 atom stereocenters. The summed E-state index contributed by atoms with van der Waals surface area (Å²) in [6.45, 7) is 0. The van der Waals surface area contributed by atoms with Gasteiger partial charge in [-0.2, -0.15) is 0 Å². The second kappa shape index (κ2) is 4.82. The monoisotopic (exact) mass is 267 g/mol. The third-order valence-corrected chi connectivity index (χ3v) is 3.18. The average Bonchev–Trinajstić information content (AvgIpc) is 2.79. The van der Waals surface area contributed by atoms with Gasteiger partial charge >= 0.3 is 0 Å². The second-order valence-corrected chi connectivity index (χ2v) is 4.55. The van der Waals surface area contributed by atoms with Crippen molar-refractivity contribution in [2.75, 3.05) is 0 Å². The summed E-state index contributed by atoms with van der Waals surface area (Å²) in [5.74, 6) is 4.09. The first kappa shape index (κ1) is 12.4. The van der Waals surface area contributed by atoms with Crippen LogP contribution in [-0.4, -0.2) is 4.57 Å². The highest BCUT2D eigenvalue weighted by atomic mass is 19.1. The normalized spacial score (nSPS) is 10.3. The molecule has 0 bridgehead atoms. The Balaban J connectivity index is 2.04. The summed E-state index contributed by atoms with van der Waals surface area (Å²) < 4.78 is 28.9. The maximum atomic E-state index is 13.5. The largest absolute Gasteiger partial charge is 0.351 e. The standard InChI is InChI=1S/C17H11F2N/c1-20-10-9-13-11-12(6-8-17(13)20)5-7-14-15(18)3-2-4-16(14)19/h2-4,6,8-11H,1H3. The number of nitrogens with zero attached hydrogens (tertiary/aromatic N) is 1. The molecule has 0 unspecified atom stereocenters. The van der Waals surface area contributed by atoms with E-state index in [0.717, 1.165) is 16.5 Å². The molecule has 0 aliphatic heterocycles. The van der Waals surface area contributed by atoms with Gasteiger partial charge in [-0.25, -0.2) is 8.78 Å². The first-order chi connectivity index (χ1) is 9.65. The van der Waals surface area contributed by atoms with Crippen LogP contribution in [0.4, 0.5) is 8.78 Å². The average molecular weight is 267 g/mol. The molecule has 1 nitrogen and oxygen atoms in total. The van der Waals surface area contributed by atoms with E-state index >= 15 is 0 Å². The van der Waals surface area contributed by atoms with Crippen LogP contribution in [0.15, 0.2) is 48.7 Å². The van der Waals surface area contributed by atoms with Crippen molar-refractivity contribution < 1.29 is 8.78 Å². The van der Waals surface area contributed by atoms with Crippen LogP contribution in [0.25, 0.3) is 10.9 Å². The van der Waals surface area contributed by atoms with E-state index in [4.69, 9.17) is 0 Å². The van der Waals surface area contributed by atoms with Gasteiger partial charge in [-0.05, 0) is 36.4 Å². The van der Waals surface area contributed by atoms with E-state index in [0.29, 0.717) is 0 Å². The summed E-state index contributed by atoms with van der Waals surface area (Å²) in [5.41, 5.74) is 1.62. The van der Waals surface area contributed by atoms with Crippen LogP contribution in [0.2, 0.25) is 0 Å². The molecule has 0 aliphatic rings. The zero-order valence-electron chi connectivity index (χ0n) is 10.8. The van der Waals surface area contributed by atoms with Gasteiger partial charge in [-0.15, -0.1) is 0 Å². The van der Waals surface area contributed by atoms with Gasteiger partial charge < -0.3 is 4.57 Å². The predicted molar refractivity (Wildman–Crippen MR) is 75.3 cm³/mol. The molecular weight excluding hydrogens is 256 g/mol. The van der Waals surface area contributed by atoms with Gasteiger partial charge in [0.25, 0.3) is 0 Å². The van der Waals surface area contributed by atoms with Crippen molar-refractivity contribution in [1.82, 2.24) is 4.57 Å². The van der Waals surface area contributed by atoms with E-state index in [1.807, 2.05) is 42.1 Å². The molecule has 20 heavy (non-hydrogen) atoms. The van der Waals surface area contributed by atoms with Crippen LogP contribution in [-0.2, 0) is 7.05 Å². The van der Waals surface area contributed by atoms with Gasteiger partial charge in [-0.1, -0.05) is 17.9 Å². The molecule has 0 saturated carbocycles. The number of halogens is 2.